The summed E-state index contributed by atoms with van der Waals surface area (Å²) in [5.41, 5.74) is 2.15. The third-order valence-corrected chi connectivity index (χ3v) is 2.70. The molecule has 0 amide bonds. The lowest BCUT2D eigenvalue weighted by molar-refractivity contribution is -0.0173. The van der Waals surface area contributed by atoms with Gasteiger partial charge in [-0.25, -0.2) is 5.90 Å². The highest BCUT2D eigenvalue weighted by molar-refractivity contribution is 9.10. The first kappa shape index (κ1) is 10.9. The molecule has 1 aliphatic rings. The molecule has 1 aromatic rings. The Hall–Kier alpha value is -0.620. The minimum atomic E-state index is 0.311. The third-order valence-electron chi connectivity index (χ3n) is 2.24. The van der Waals surface area contributed by atoms with Crippen molar-refractivity contribution in [3.8, 4) is 5.75 Å². The van der Waals surface area contributed by atoms with Crippen LogP contribution in [0.25, 0.3) is 0 Å². The second kappa shape index (κ2) is 4.94. The SMILES string of the molecule is NOCCc1cc(Br)cc2c1OCOC2. The van der Waals surface area contributed by atoms with Crippen molar-refractivity contribution in [2.75, 3.05) is 13.4 Å². The number of rotatable bonds is 3. The second-order valence-electron chi connectivity index (χ2n) is 3.28. The van der Waals surface area contributed by atoms with E-state index in [1.807, 2.05) is 12.1 Å². The first-order valence-corrected chi connectivity index (χ1v) is 5.44. The minimum Gasteiger partial charge on any atom is -0.467 e. The highest BCUT2D eigenvalue weighted by atomic mass is 79.9. The molecule has 82 valence electrons. The van der Waals surface area contributed by atoms with Crippen LogP contribution in [0.5, 0.6) is 5.75 Å². The molecule has 0 unspecified atom stereocenters. The van der Waals surface area contributed by atoms with E-state index in [9.17, 15) is 0 Å². The van der Waals surface area contributed by atoms with Gasteiger partial charge in [0.15, 0.2) is 6.79 Å². The Labute approximate surface area is 96.4 Å². The molecule has 2 rings (SSSR count). The summed E-state index contributed by atoms with van der Waals surface area (Å²) in [5.74, 6) is 5.92. The monoisotopic (exact) mass is 273 g/mol. The van der Waals surface area contributed by atoms with E-state index in [1.54, 1.807) is 0 Å². The summed E-state index contributed by atoms with van der Waals surface area (Å²) in [6.45, 7) is 1.38. The lowest BCUT2D eigenvalue weighted by atomic mass is 10.1. The van der Waals surface area contributed by atoms with E-state index < -0.39 is 0 Å². The van der Waals surface area contributed by atoms with Crippen LogP contribution in [0.4, 0.5) is 0 Å². The van der Waals surface area contributed by atoms with E-state index in [-0.39, 0.29) is 0 Å². The number of halogens is 1. The fourth-order valence-corrected chi connectivity index (χ4v) is 2.16. The Morgan fingerprint density at radius 2 is 2.33 bits per heavy atom. The summed E-state index contributed by atoms with van der Waals surface area (Å²) in [7, 11) is 0. The maximum atomic E-state index is 5.47. The number of benzene rings is 1. The van der Waals surface area contributed by atoms with Crippen LogP contribution in [0.1, 0.15) is 11.1 Å². The molecule has 4 nitrogen and oxygen atoms in total. The van der Waals surface area contributed by atoms with E-state index in [2.05, 4.69) is 20.8 Å². The number of nitrogens with two attached hydrogens (primary N) is 1. The molecule has 2 N–H and O–H groups in total. The molecule has 1 aromatic carbocycles. The molecule has 0 bridgehead atoms. The van der Waals surface area contributed by atoms with E-state index in [1.165, 1.54) is 0 Å². The third kappa shape index (κ3) is 2.49. The largest absolute Gasteiger partial charge is 0.467 e. The van der Waals surface area contributed by atoms with E-state index in [0.29, 0.717) is 20.0 Å². The van der Waals surface area contributed by atoms with Crippen LogP contribution >= 0.6 is 15.9 Å². The average Bonchev–Trinajstić information content (AvgIpc) is 2.25. The molecule has 0 spiro atoms. The lowest BCUT2D eigenvalue weighted by Crippen LogP contribution is -2.14. The van der Waals surface area contributed by atoms with Crippen LogP contribution < -0.4 is 10.6 Å². The molecule has 0 saturated carbocycles. The van der Waals surface area contributed by atoms with Gasteiger partial charge in [0, 0.05) is 16.5 Å². The minimum absolute atomic E-state index is 0.311. The van der Waals surface area contributed by atoms with Gasteiger partial charge < -0.3 is 14.3 Å². The smallest absolute Gasteiger partial charge is 0.189 e. The maximum Gasteiger partial charge on any atom is 0.189 e. The highest BCUT2D eigenvalue weighted by Gasteiger charge is 2.15. The fourth-order valence-electron chi connectivity index (χ4n) is 1.61. The molecule has 0 fully saturated rings. The van der Waals surface area contributed by atoms with Crippen LogP contribution in [0.15, 0.2) is 16.6 Å². The average molecular weight is 274 g/mol. The summed E-state index contributed by atoms with van der Waals surface area (Å²) >= 11 is 3.45. The van der Waals surface area contributed by atoms with Gasteiger partial charge in [-0.15, -0.1) is 0 Å². The Morgan fingerprint density at radius 3 is 3.13 bits per heavy atom. The number of hydrogen-bond donors (Lipinski definition) is 1. The topological polar surface area (TPSA) is 53.7 Å². The molecule has 0 atom stereocenters. The van der Waals surface area contributed by atoms with E-state index in [4.69, 9.17) is 15.4 Å². The maximum absolute atomic E-state index is 5.47. The van der Waals surface area contributed by atoms with Gasteiger partial charge in [-0.3, -0.25) is 0 Å². The quantitative estimate of drug-likeness (QED) is 0.853. The van der Waals surface area contributed by atoms with Gasteiger partial charge in [-0.05, 0) is 17.7 Å². The zero-order valence-corrected chi connectivity index (χ0v) is 9.75. The second-order valence-corrected chi connectivity index (χ2v) is 4.20. The van der Waals surface area contributed by atoms with Crippen LogP contribution in [0, 0.1) is 0 Å². The molecule has 5 heteroatoms. The first-order chi connectivity index (χ1) is 7.31. The van der Waals surface area contributed by atoms with Crippen LogP contribution in [-0.4, -0.2) is 13.4 Å². The molecular formula is C10H12BrNO3. The van der Waals surface area contributed by atoms with Gasteiger partial charge in [-0.2, -0.15) is 0 Å². The van der Waals surface area contributed by atoms with Gasteiger partial charge >= 0.3 is 0 Å². The summed E-state index contributed by atoms with van der Waals surface area (Å²) in [4.78, 5) is 4.57. The van der Waals surface area contributed by atoms with E-state index >= 15 is 0 Å². The molecule has 1 heterocycles. The predicted octanol–water partition coefficient (Wildman–Crippen LogP) is 1.75. The molecule has 0 radical (unpaired) electrons. The normalized spacial score (nSPS) is 14.5. The molecular weight excluding hydrogens is 262 g/mol. The number of ether oxygens (including phenoxy) is 2. The van der Waals surface area contributed by atoms with Gasteiger partial charge in [0.2, 0.25) is 0 Å². The Bertz CT molecular complexity index is 357. The Balaban J connectivity index is 2.30. The van der Waals surface area contributed by atoms with Crippen molar-refractivity contribution in [2.24, 2.45) is 5.90 Å². The van der Waals surface area contributed by atoms with Crippen LogP contribution in [0.3, 0.4) is 0 Å². The summed E-state index contributed by atoms with van der Waals surface area (Å²) in [5, 5.41) is 0. The van der Waals surface area contributed by atoms with Gasteiger partial charge in [-0.1, -0.05) is 15.9 Å². The fraction of sp³-hybridized carbons (Fsp3) is 0.400. The molecule has 1 aliphatic heterocycles. The lowest BCUT2D eigenvalue weighted by Gasteiger charge is -2.21. The van der Waals surface area contributed by atoms with Crippen molar-refractivity contribution in [3.05, 3.63) is 27.7 Å². The molecule has 15 heavy (non-hydrogen) atoms. The van der Waals surface area contributed by atoms with Crippen molar-refractivity contribution in [2.45, 2.75) is 13.0 Å². The summed E-state index contributed by atoms with van der Waals surface area (Å²) in [6, 6.07) is 4.02. The molecule has 0 aliphatic carbocycles. The summed E-state index contributed by atoms with van der Waals surface area (Å²) < 4.78 is 11.7. The van der Waals surface area contributed by atoms with Crippen molar-refractivity contribution in [3.63, 3.8) is 0 Å². The Kier molecular flexibility index (Phi) is 3.58. The van der Waals surface area contributed by atoms with Crippen molar-refractivity contribution < 1.29 is 14.3 Å². The predicted molar refractivity (Wildman–Crippen MR) is 58.3 cm³/mol. The Morgan fingerprint density at radius 1 is 1.47 bits per heavy atom. The number of hydrogen-bond acceptors (Lipinski definition) is 4. The van der Waals surface area contributed by atoms with Crippen molar-refractivity contribution >= 4 is 15.9 Å². The standard InChI is InChI=1S/C10H12BrNO3/c11-9-3-7(1-2-15-12)10-8(4-9)5-13-6-14-10/h3-4H,1-2,5-6,12H2. The number of fused-ring (bicyclic) bond motifs is 1. The summed E-state index contributed by atoms with van der Waals surface area (Å²) in [6.07, 6.45) is 0.734. The zero-order chi connectivity index (χ0) is 10.7. The van der Waals surface area contributed by atoms with Gasteiger partial charge in [0.25, 0.3) is 0 Å². The van der Waals surface area contributed by atoms with Crippen LogP contribution in [0.2, 0.25) is 0 Å². The first-order valence-electron chi connectivity index (χ1n) is 4.65. The van der Waals surface area contributed by atoms with E-state index in [0.717, 1.165) is 27.8 Å². The molecule has 0 aromatic heterocycles. The zero-order valence-electron chi connectivity index (χ0n) is 8.16. The van der Waals surface area contributed by atoms with Crippen LogP contribution in [-0.2, 0) is 22.6 Å². The van der Waals surface area contributed by atoms with Crippen molar-refractivity contribution in [1.29, 1.82) is 0 Å². The highest BCUT2D eigenvalue weighted by Crippen LogP contribution is 2.31. The van der Waals surface area contributed by atoms with Gasteiger partial charge in [0.1, 0.15) is 5.75 Å². The molecule has 0 saturated heterocycles. The van der Waals surface area contributed by atoms with Gasteiger partial charge in [0.05, 0.1) is 13.2 Å². The van der Waals surface area contributed by atoms with Crippen molar-refractivity contribution in [1.82, 2.24) is 0 Å².